The van der Waals surface area contributed by atoms with Gasteiger partial charge >= 0.3 is 0 Å². The number of nitrogens with zero attached hydrogens (tertiary/aromatic N) is 2. The zero-order valence-corrected chi connectivity index (χ0v) is 12.9. The minimum atomic E-state index is -0.462. The molecular formula is C17H25N3O. The second kappa shape index (κ2) is 6.87. The van der Waals surface area contributed by atoms with Gasteiger partial charge in [-0.3, -0.25) is 4.68 Å². The maximum absolute atomic E-state index is 9.94. The Morgan fingerprint density at radius 1 is 1.29 bits per heavy atom. The molecule has 0 fully saturated rings. The van der Waals surface area contributed by atoms with E-state index in [1.807, 2.05) is 47.3 Å². The molecule has 2 rings (SSSR count). The summed E-state index contributed by atoms with van der Waals surface area (Å²) >= 11 is 0. The highest BCUT2D eigenvalue weighted by Gasteiger charge is 2.31. The molecule has 3 N–H and O–H groups in total. The van der Waals surface area contributed by atoms with Crippen LogP contribution in [0.3, 0.4) is 0 Å². The lowest BCUT2D eigenvalue weighted by molar-refractivity contribution is 0.195. The first kappa shape index (κ1) is 15.7. The van der Waals surface area contributed by atoms with Crippen LogP contribution >= 0.6 is 0 Å². The third-order valence-electron chi connectivity index (χ3n) is 4.31. The quantitative estimate of drug-likeness (QED) is 0.821. The number of hydrogen-bond donors (Lipinski definition) is 2. The SMILES string of the molecule is CCC(C)n1ccc(CC(CN)(CO)c2ccccc2)n1. The van der Waals surface area contributed by atoms with E-state index < -0.39 is 5.41 Å². The molecular weight excluding hydrogens is 262 g/mol. The van der Waals surface area contributed by atoms with Gasteiger partial charge in [0.05, 0.1) is 12.3 Å². The molecule has 1 aromatic carbocycles. The molecule has 2 unspecified atom stereocenters. The highest BCUT2D eigenvalue weighted by molar-refractivity contribution is 5.28. The van der Waals surface area contributed by atoms with Crippen LogP contribution in [-0.2, 0) is 11.8 Å². The summed E-state index contributed by atoms with van der Waals surface area (Å²) in [5.74, 6) is 0. The van der Waals surface area contributed by atoms with E-state index in [-0.39, 0.29) is 6.61 Å². The molecule has 21 heavy (non-hydrogen) atoms. The van der Waals surface area contributed by atoms with E-state index in [2.05, 4.69) is 18.9 Å². The van der Waals surface area contributed by atoms with E-state index in [1.165, 1.54) is 0 Å². The largest absolute Gasteiger partial charge is 0.395 e. The number of aliphatic hydroxyl groups excluding tert-OH is 1. The van der Waals surface area contributed by atoms with Gasteiger partial charge in [-0.2, -0.15) is 5.10 Å². The summed E-state index contributed by atoms with van der Waals surface area (Å²) in [6.07, 6.45) is 3.70. The van der Waals surface area contributed by atoms with Gasteiger partial charge in [0.15, 0.2) is 0 Å². The van der Waals surface area contributed by atoms with Crippen molar-refractivity contribution < 1.29 is 5.11 Å². The first-order valence-electron chi connectivity index (χ1n) is 7.55. The van der Waals surface area contributed by atoms with Crippen LogP contribution in [0.25, 0.3) is 0 Å². The van der Waals surface area contributed by atoms with Gasteiger partial charge in [-0.1, -0.05) is 37.3 Å². The Morgan fingerprint density at radius 2 is 2.00 bits per heavy atom. The van der Waals surface area contributed by atoms with Crippen LogP contribution in [0.5, 0.6) is 0 Å². The van der Waals surface area contributed by atoms with Crippen molar-refractivity contribution in [2.45, 2.75) is 38.1 Å². The van der Waals surface area contributed by atoms with Crippen LogP contribution in [0.4, 0.5) is 0 Å². The molecule has 1 heterocycles. The topological polar surface area (TPSA) is 64.1 Å². The van der Waals surface area contributed by atoms with Gasteiger partial charge in [0, 0.05) is 30.6 Å². The summed E-state index contributed by atoms with van der Waals surface area (Å²) < 4.78 is 1.99. The van der Waals surface area contributed by atoms with Crippen molar-refractivity contribution in [2.75, 3.05) is 13.2 Å². The van der Waals surface area contributed by atoms with E-state index in [4.69, 9.17) is 5.73 Å². The molecule has 0 saturated carbocycles. The van der Waals surface area contributed by atoms with Crippen molar-refractivity contribution in [3.63, 3.8) is 0 Å². The van der Waals surface area contributed by atoms with Crippen molar-refractivity contribution in [1.82, 2.24) is 9.78 Å². The molecule has 4 nitrogen and oxygen atoms in total. The van der Waals surface area contributed by atoms with Crippen molar-refractivity contribution in [3.8, 4) is 0 Å². The average Bonchev–Trinajstić information content (AvgIpc) is 3.01. The number of rotatable bonds is 7. The first-order valence-corrected chi connectivity index (χ1v) is 7.55. The van der Waals surface area contributed by atoms with Crippen molar-refractivity contribution in [1.29, 1.82) is 0 Å². The van der Waals surface area contributed by atoms with Crippen molar-refractivity contribution in [3.05, 3.63) is 53.9 Å². The van der Waals surface area contributed by atoms with E-state index in [0.717, 1.165) is 17.7 Å². The predicted molar refractivity (Wildman–Crippen MR) is 85.2 cm³/mol. The maximum atomic E-state index is 9.94. The standard InChI is InChI=1S/C17H25N3O/c1-3-14(2)20-10-9-16(19-20)11-17(12-18,13-21)15-7-5-4-6-8-15/h4-10,14,21H,3,11-13,18H2,1-2H3. The average molecular weight is 287 g/mol. The number of aromatic nitrogens is 2. The lowest BCUT2D eigenvalue weighted by Gasteiger charge is -2.30. The first-order chi connectivity index (χ1) is 10.1. The lowest BCUT2D eigenvalue weighted by Crippen LogP contribution is -2.41. The van der Waals surface area contributed by atoms with Crippen molar-refractivity contribution in [2.24, 2.45) is 5.73 Å². The molecule has 0 aliphatic rings. The number of nitrogens with two attached hydrogens (primary N) is 1. The Balaban J connectivity index is 2.26. The Morgan fingerprint density at radius 3 is 2.57 bits per heavy atom. The monoisotopic (exact) mass is 287 g/mol. The molecule has 4 heteroatoms. The third kappa shape index (κ3) is 3.34. The maximum Gasteiger partial charge on any atom is 0.0635 e. The fraction of sp³-hybridized carbons (Fsp3) is 0.471. The van der Waals surface area contributed by atoms with Gasteiger partial charge in [-0.15, -0.1) is 0 Å². The molecule has 0 aliphatic carbocycles. The Labute approximate surface area is 126 Å². The summed E-state index contributed by atoms with van der Waals surface area (Å²) in [5.41, 5.74) is 7.57. The van der Waals surface area contributed by atoms with Gasteiger partial charge in [-0.25, -0.2) is 0 Å². The van der Waals surface area contributed by atoms with E-state index in [1.54, 1.807) is 0 Å². The molecule has 2 aromatic rings. The van der Waals surface area contributed by atoms with Gasteiger partial charge in [-0.05, 0) is 25.0 Å². The Bertz CT molecular complexity index is 546. The molecule has 0 radical (unpaired) electrons. The number of hydrogen-bond acceptors (Lipinski definition) is 3. The summed E-state index contributed by atoms with van der Waals surface area (Å²) in [5, 5.41) is 14.6. The van der Waals surface area contributed by atoms with Crippen LogP contribution in [0.15, 0.2) is 42.6 Å². The van der Waals surface area contributed by atoms with Crippen LogP contribution in [0.2, 0.25) is 0 Å². The van der Waals surface area contributed by atoms with Crippen LogP contribution in [0, 0.1) is 0 Å². The summed E-state index contributed by atoms with van der Waals surface area (Å²) in [6, 6.07) is 12.4. The molecule has 2 atom stereocenters. The summed E-state index contributed by atoms with van der Waals surface area (Å²) in [4.78, 5) is 0. The second-order valence-electron chi connectivity index (χ2n) is 5.73. The second-order valence-corrected chi connectivity index (χ2v) is 5.73. The molecule has 0 amide bonds. The Kier molecular flexibility index (Phi) is 5.15. The molecule has 0 aliphatic heterocycles. The molecule has 0 saturated heterocycles. The van der Waals surface area contributed by atoms with Crippen LogP contribution in [0.1, 0.15) is 37.6 Å². The number of aliphatic hydroxyl groups is 1. The highest BCUT2D eigenvalue weighted by Crippen LogP contribution is 2.27. The van der Waals surface area contributed by atoms with Gasteiger partial charge in [0.2, 0.25) is 0 Å². The third-order valence-corrected chi connectivity index (χ3v) is 4.31. The zero-order chi connectivity index (χ0) is 15.3. The molecule has 0 spiro atoms. The Hall–Kier alpha value is -1.65. The van der Waals surface area contributed by atoms with Gasteiger partial charge < -0.3 is 10.8 Å². The molecule has 114 valence electrons. The minimum absolute atomic E-state index is 0.0176. The highest BCUT2D eigenvalue weighted by atomic mass is 16.3. The van der Waals surface area contributed by atoms with E-state index in [9.17, 15) is 5.11 Å². The zero-order valence-electron chi connectivity index (χ0n) is 12.9. The van der Waals surface area contributed by atoms with Crippen molar-refractivity contribution >= 4 is 0 Å². The van der Waals surface area contributed by atoms with E-state index in [0.29, 0.717) is 19.0 Å². The smallest absolute Gasteiger partial charge is 0.0635 e. The van der Waals surface area contributed by atoms with Gasteiger partial charge in [0.1, 0.15) is 0 Å². The fourth-order valence-corrected chi connectivity index (χ4v) is 2.55. The molecule has 0 bridgehead atoms. The minimum Gasteiger partial charge on any atom is -0.395 e. The summed E-state index contributed by atoms with van der Waals surface area (Å²) in [6.45, 7) is 4.71. The van der Waals surface area contributed by atoms with Gasteiger partial charge in [0.25, 0.3) is 0 Å². The molecule has 1 aromatic heterocycles. The number of benzene rings is 1. The predicted octanol–water partition coefficient (Wildman–Crippen LogP) is 2.29. The summed E-state index contributed by atoms with van der Waals surface area (Å²) in [7, 11) is 0. The fourth-order valence-electron chi connectivity index (χ4n) is 2.55. The normalized spacial score (nSPS) is 15.6. The van der Waals surface area contributed by atoms with Crippen LogP contribution < -0.4 is 5.73 Å². The lowest BCUT2D eigenvalue weighted by atomic mass is 9.77. The van der Waals surface area contributed by atoms with E-state index >= 15 is 0 Å². The van der Waals surface area contributed by atoms with Crippen LogP contribution in [-0.4, -0.2) is 28.0 Å².